The molecule has 0 amide bonds. The lowest BCUT2D eigenvalue weighted by molar-refractivity contribution is 1.45. The first-order valence-electron chi connectivity index (χ1n) is 1.41. The van der Waals surface area contributed by atoms with Crippen molar-refractivity contribution in [3.63, 3.8) is 0 Å². The molecule has 0 aliphatic rings. The summed E-state index contributed by atoms with van der Waals surface area (Å²) in [6, 6.07) is 0. The predicted octanol–water partition coefficient (Wildman–Crippen LogP) is 2.49. The third kappa shape index (κ3) is 3.59. The highest BCUT2D eigenvalue weighted by molar-refractivity contribution is 8.78. The Labute approximate surface area is 56.5 Å². The molecule has 38 valence electrons. The first kappa shape index (κ1) is 7.40. The van der Waals surface area contributed by atoms with E-state index in [1.54, 1.807) is 0 Å². The summed E-state index contributed by atoms with van der Waals surface area (Å²) in [5.41, 5.74) is 0. The van der Waals surface area contributed by atoms with Crippen LogP contribution in [0, 0.1) is 0 Å². The fourth-order valence-electron chi connectivity index (χ4n) is 0.0192. The van der Waals surface area contributed by atoms with E-state index in [0.717, 1.165) is 0 Å². The van der Waals surface area contributed by atoms with Gasteiger partial charge in [0.2, 0.25) is 0 Å². The van der Waals surface area contributed by atoms with Crippen molar-refractivity contribution < 1.29 is 0 Å². The fraction of sp³-hybridized carbons (Fsp3) is 1.00. The Hall–Kier alpha value is 1.40. The molecule has 0 saturated heterocycles. The largest absolute Gasteiger partial charge is 0.110 e. The minimum atomic E-state index is 0.497. The molecule has 0 bridgehead atoms. The molecule has 0 spiro atoms. The maximum absolute atomic E-state index is 3.94. The summed E-state index contributed by atoms with van der Waals surface area (Å²) in [6.45, 7) is 2.05. The zero-order valence-electron chi connectivity index (χ0n) is 3.29. The smallest absolute Gasteiger partial charge is 0.0676 e. The summed E-state index contributed by atoms with van der Waals surface area (Å²) >= 11 is 7.89. The molecule has 0 nitrogen and oxygen atoms in total. The van der Waals surface area contributed by atoms with Gasteiger partial charge in [-0.05, 0) is 6.92 Å². The molecule has 0 rings (SSSR count). The van der Waals surface area contributed by atoms with E-state index in [9.17, 15) is 0 Å². The van der Waals surface area contributed by atoms with Crippen LogP contribution < -0.4 is 0 Å². The van der Waals surface area contributed by atoms with Gasteiger partial charge in [-0.25, -0.2) is 0 Å². The summed E-state index contributed by atoms with van der Waals surface area (Å²) in [5, 5.41) is 0. The summed E-state index contributed by atoms with van der Waals surface area (Å²) in [7, 11) is 3.01. The Morgan fingerprint density at radius 2 is 1.67 bits per heavy atom. The Balaban J connectivity index is 2.75. The first-order chi connectivity index (χ1) is 2.81. The Bertz CT molecular complexity index is 24.7. The SMILES string of the molecule is CC(SS)SS. The van der Waals surface area contributed by atoms with E-state index in [1.165, 1.54) is 21.6 Å². The van der Waals surface area contributed by atoms with Crippen LogP contribution in [0.5, 0.6) is 0 Å². The molecule has 0 aliphatic carbocycles. The van der Waals surface area contributed by atoms with Crippen molar-refractivity contribution in [3.05, 3.63) is 0 Å². The second kappa shape index (κ2) is 4.56. The average Bonchev–Trinajstić information content (AvgIpc) is 1.65. The highest BCUT2D eigenvalue weighted by Crippen LogP contribution is 2.27. The topological polar surface area (TPSA) is 0 Å². The molecule has 0 heterocycles. The summed E-state index contributed by atoms with van der Waals surface area (Å²) in [6.07, 6.45) is 0. The van der Waals surface area contributed by atoms with E-state index in [4.69, 9.17) is 0 Å². The molecule has 0 unspecified atom stereocenters. The Morgan fingerprint density at radius 1 is 1.33 bits per heavy atom. The molecular weight excluding hydrogens is 152 g/mol. The van der Waals surface area contributed by atoms with Crippen molar-refractivity contribution in [1.82, 2.24) is 0 Å². The summed E-state index contributed by atoms with van der Waals surface area (Å²) in [5.74, 6) is 0. The lowest BCUT2D eigenvalue weighted by Crippen LogP contribution is -1.75. The molecule has 6 heavy (non-hydrogen) atoms. The van der Waals surface area contributed by atoms with Crippen LogP contribution in [0.25, 0.3) is 0 Å². The normalized spacial score (nSPS) is 10.0. The van der Waals surface area contributed by atoms with Crippen LogP contribution in [0.15, 0.2) is 0 Å². The second-order valence-corrected chi connectivity index (χ2v) is 4.18. The number of thiol groups is 2. The molecule has 0 radical (unpaired) electrons. The van der Waals surface area contributed by atoms with Gasteiger partial charge in [0.25, 0.3) is 0 Å². The monoisotopic (exact) mass is 158 g/mol. The van der Waals surface area contributed by atoms with Gasteiger partial charge in [-0.3, -0.25) is 0 Å². The van der Waals surface area contributed by atoms with Gasteiger partial charge in [0.15, 0.2) is 0 Å². The molecule has 4 heteroatoms. The van der Waals surface area contributed by atoms with Gasteiger partial charge >= 0.3 is 0 Å². The van der Waals surface area contributed by atoms with Gasteiger partial charge in [0.05, 0.1) is 4.58 Å². The minimum Gasteiger partial charge on any atom is -0.110 e. The molecule has 0 aromatic carbocycles. The molecule has 0 atom stereocenters. The molecule has 0 fully saturated rings. The number of hydrogen-bond donors (Lipinski definition) is 2. The van der Waals surface area contributed by atoms with Gasteiger partial charge in [-0.1, -0.05) is 21.6 Å². The maximum Gasteiger partial charge on any atom is 0.0676 e. The van der Waals surface area contributed by atoms with Crippen LogP contribution in [0.2, 0.25) is 0 Å². The third-order valence-corrected chi connectivity index (χ3v) is 4.22. The second-order valence-electron chi connectivity index (χ2n) is 0.778. The Morgan fingerprint density at radius 3 is 1.67 bits per heavy atom. The minimum absolute atomic E-state index is 0.497. The summed E-state index contributed by atoms with van der Waals surface area (Å²) in [4.78, 5) is 0. The van der Waals surface area contributed by atoms with E-state index in [0.29, 0.717) is 4.58 Å². The fourth-order valence-corrected chi connectivity index (χ4v) is 1.56. The van der Waals surface area contributed by atoms with Crippen molar-refractivity contribution in [2.45, 2.75) is 11.5 Å². The highest BCUT2D eigenvalue weighted by atomic mass is 33.1. The molecule has 0 aromatic rings. The van der Waals surface area contributed by atoms with Crippen molar-refractivity contribution in [2.75, 3.05) is 0 Å². The highest BCUT2D eigenvalue weighted by Gasteiger charge is 1.91. The van der Waals surface area contributed by atoms with Crippen molar-refractivity contribution in [3.8, 4) is 0 Å². The zero-order chi connectivity index (χ0) is 4.99. The van der Waals surface area contributed by atoms with Crippen LogP contribution in [0.3, 0.4) is 0 Å². The van der Waals surface area contributed by atoms with Gasteiger partial charge in [-0.15, -0.1) is 23.3 Å². The van der Waals surface area contributed by atoms with Gasteiger partial charge < -0.3 is 0 Å². The zero-order valence-corrected chi connectivity index (χ0v) is 6.71. The molecular formula is C2H6S4. The van der Waals surface area contributed by atoms with Gasteiger partial charge in [0.1, 0.15) is 0 Å². The molecule has 0 saturated carbocycles. The van der Waals surface area contributed by atoms with Crippen LogP contribution in [-0.4, -0.2) is 4.58 Å². The van der Waals surface area contributed by atoms with Crippen LogP contribution in [-0.2, 0) is 0 Å². The molecule has 0 aliphatic heterocycles. The third-order valence-electron chi connectivity index (χ3n) is 0.297. The van der Waals surface area contributed by atoms with Crippen molar-refractivity contribution in [2.24, 2.45) is 0 Å². The lowest BCUT2D eigenvalue weighted by atomic mass is 11.0. The van der Waals surface area contributed by atoms with Crippen molar-refractivity contribution in [1.29, 1.82) is 0 Å². The van der Waals surface area contributed by atoms with Gasteiger partial charge in [0, 0.05) is 0 Å². The van der Waals surface area contributed by atoms with E-state index in [1.807, 2.05) is 0 Å². The molecule has 0 N–H and O–H groups in total. The van der Waals surface area contributed by atoms with E-state index in [-0.39, 0.29) is 0 Å². The summed E-state index contributed by atoms with van der Waals surface area (Å²) < 4.78 is 0.497. The van der Waals surface area contributed by atoms with Crippen molar-refractivity contribution >= 4 is 44.9 Å². The number of rotatable bonds is 2. The number of hydrogen-bond acceptors (Lipinski definition) is 4. The lowest BCUT2D eigenvalue weighted by Gasteiger charge is -1.96. The van der Waals surface area contributed by atoms with Crippen LogP contribution in [0.4, 0.5) is 0 Å². The van der Waals surface area contributed by atoms with Crippen LogP contribution in [0.1, 0.15) is 6.92 Å². The Kier molecular flexibility index (Phi) is 5.62. The quantitative estimate of drug-likeness (QED) is 0.360. The van der Waals surface area contributed by atoms with E-state index >= 15 is 0 Å². The van der Waals surface area contributed by atoms with E-state index < -0.39 is 0 Å². The average molecular weight is 158 g/mol. The van der Waals surface area contributed by atoms with Gasteiger partial charge in [-0.2, -0.15) is 0 Å². The molecule has 0 aromatic heterocycles. The van der Waals surface area contributed by atoms with E-state index in [2.05, 4.69) is 30.2 Å². The van der Waals surface area contributed by atoms with Crippen LogP contribution >= 0.6 is 44.9 Å². The standard InChI is InChI=1S/C2H6S4/c1-2(5-3)6-4/h2-4H,1H3. The predicted molar refractivity (Wildman–Crippen MR) is 42.6 cm³/mol. The first-order valence-corrected chi connectivity index (χ1v) is 5.28. The maximum atomic E-state index is 3.94.